The molecule has 0 saturated carbocycles. The Balaban J connectivity index is 0.00000288. The average molecular weight is 450 g/mol. The number of nitrogens with zero attached hydrogens (tertiary/aromatic N) is 2. The zero-order chi connectivity index (χ0) is 16.3. The minimum absolute atomic E-state index is 0. The summed E-state index contributed by atoms with van der Waals surface area (Å²) in [5, 5.41) is 6.37. The van der Waals surface area contributed by atoms with E-state index in [1.165, 1.54) is 0 Å². The molecule has 0 radical (unpaired) electrons. The summed E-state index contributed by atoms with van der Waals surface area (Å²) in [5.41, 5.74) is 0. The zero-order valence-corrected chi connectivity index (χ0v) is 16.5. The number of amides is 1. The molecular weight excluding hydrogens is 423 g/mol. The number of guanidine groups is 1. The fourth-order valence-corrected chi connectivity index (χ4v) is 2.42. The van der Waals surface area contributed by atoms with E-state index in [1.807, 2.05) is 17.0 Å². The number of methoxy groups -OCH3 is 1. The highest BCUT2D eigenvalue weighted by atomic mass is 127. The monoisotopic (exact) mass is 450 g/mol. The van der Waals surface area contributed by atoms with Gasteiger partial charge in [0.25, 0.3) is 0 Å². The highest BCUT2D eigenvalue weighted by Gasteiger charge is 2.17. The van der Waals surface area contributed by atoms with Crippen LogP contribution in [0.2, 0.25) is 0 Å². The summed E-state index contributed by atoms with van der Waals surface area (Å²) < 4.78 is 10.3. The largest absolute Gasteiger partial charge is 0.469 e. The number of hydrogen-bond acceptors (Lipinski definition) is 4. The van der Waals surface area contributed by atoms with E-state index in [0.29, 0.717) is 25.7 Å². The van der Waals surface area contributed by atoms with Gasteiger partial charge in [0.15, 0.2) is 5.96 Å². The lowest BCUT2D eigenvalue weighted by atomic mass is 10.3. The number of rotatable bonds is 8. The average Bonchev–Trinajstić information content (AvgIpc) is 3.25. The molecule has 2 heterocycles. The standard InChI is InChI=1S/C16H26N4O3.HI/c1-22-12-8-18-16(17-7-6-14-5-4-11-23-14)19-13-15(21)20-9-2-3-10-20;/h4-5,11H,2-3,6-10,12-13H2,1H3,(H2,17,18,19);1H. The van der Waals surface area contributed by atoms with E-state index in [2.05, 4.69) is 15.6 Å². The Bertz CT molecular complexity index is 488. The van der Waals surface area contributed by atoms with Crippen LogP contribution in [-0.2, 0) is 16.0 Å². The van der Waals surface area contributed by atoms with E-state index < -0.39 is 0 Å². The van der Waals surface area contributed by atoms with Crippen molar-refractivity contribution in [3.8, 4) is 0 Å². The predicted molar refractivity (Wildman–Crippen MR) is 104 cm³/mol. The first-order chi connectivity index (χ1) is 11.3. The number of furan rings is 1. The SMILES string of the molecule is COCCNC(=NCC(=O)N1CCCC1)NCCc1ccco1.I. The molecule has 8 heteroatoms. The second-order valence-corrected chi connectivity index (χ2v) is 5.43. The Kier molecular flexibility index (Phi) is 10.5. The maximum absolute atomic E-state index is 12.1. The molecule has 1 saturated heterocycles. The Morgan fingerprint density at radius 1 is 1.33 bits per heavy atom. The first-order valence-corrected chi connectivity index (χ1v) is 8.11. The van der Waals surface area contributed by atoms with Gasteiger partial charge >= 0.3 is 0 Å². The molecule has 1 fully saturated rings. The number of carbonyl (C=O) groups excluding carboxylic acids is 1. The van der Waals surface area contributed by atoms with Crippen molar-refractivity contribution in [2.24, 2.45) is 4.99 Å². The summed E-state index contributed by atoms with van der Waals surface area (Å²) in [6.45, 7) is 3.78. The third kappa shape index (κ3) is 7.52. The fraction of sp³-hybridized carbons (Fsp3) is 0.625. The van der Waals surface area contributed by atoms with Crippen molar-refractivity contribution in [1.29, 1.82) is 0 Å². The minimum atomic E-state index is 0. The first kappa shape index (κ1) is 20.8. The molecule has 2 N–H and O–H groups in total. The summed E-state index contributed by atoms with van der Waals surface area (Å²) in [4.78, 5) is 18.3. The summed E-state index contributed by atoms with van der Waals surface area (Å²) in [6.07, 6.45) is 4.61. The van der Waals surface area contributed by atoms with Gasteiger partial charge in [-0.2, -0.15) is 0 Å². The Morgan fingerprint density at radius 3 is 2.75 bits per heavy atom. The van der Waals surface area contributed by atoms with Gasteiger partial charge in [-0.05, 0) is 25.0 Å². The van der Waals surface area contributed by atoms with Crippen LogP contribution in [-0.4, -0.2) is 63.2 Å². The number of halogens is 1. The van der Waals surface area contributed by atoms with Crippen molar-refractivity contribution in [1.82, 2.24) is 15.5 Å². The number of likely N-dealkylation sites (tertiary alicyclic amines) is 1. The maximum Gasteiger partial charge on any atom is 0.244 e. The molecule has 136 valence electrons. The van der Waals surface area contributed by atoms with Gasteiger partial charge in [-0.1, -0.05) is 0 Å². The van der Waals surface area contributed by atoms with Crippen LogP contribution in [0.25, 0.3) is 0 Å². The molecule has 1 aliphatic rings. The quantitative estimate of drug-likeness (QED) is 0.270. The zero-order valence-electron chi connectivity index (χ0n) is 14.1. The summed E-state index contributed by atoms with van der Waals surface area (Å²) >= 11 is 0. The van der Waals surface area contributed by atoms with Crippen LogP contribution in [0.15, 0.2) is 27.8 Å². The third-order valence-corrected chi connectivity index (χ3v) is 3.67. The summed E-state index contributed by atoms with van der Waals surface area (Å²) in [6, 6.07) is 3.81. The van der Waals surface area contributed by atoms with E-state index in [1.54, 1.807) is 13.4 Å². The molecule has 1 amide bonds. The van der Waals surface area contributed by atoms with Gasteiger partial charge in [0.2, 0.25) is 5.91 Å². The van der Waals surface area contributed by atoms with E-state index in [9.17, 15) is 4.79 Å². The van der Waals surface area contributed by atoms with Gasteiger partial charge in [-0.15, -0.1) is 24.0 Å². The molecule has 2 rings (SSSR count). The van der Waals surface area contributed by atoms with Crippen LogP contribution in [0.4, 0.5) is 0 Å². The van der Waals surface area contributed by atoms with Crippen molar-refractivity contribution in [2.75, 3.05) is 46.4 Å². The molecule has 7 nitrogen and oxygen atoms in total. The maximum atomic E-state index is 12.1. The molecule has 0 aromatic carbocycles. The van der Waals surface area contributed by atoms with Gasteiger partial charge in [0, 0.05) is 39.7 Å². The molecule has 0 atom stereocenters. The van der Waals surface area contributed by atoms with Crippen molar-refractivity contribution >= 4 is 35.8 Å². The van der Waals surface area contributed by atoms with E-state index in [0.717, 1.165) is 38.1 Å². The molecule has 0 bridgehead atoms. The number of ether oxygens (including phenoxy) is 1. The van der Waals surface area contributed by atoms with Gasteiger partial charge in [0.1, 0.15) is 12.3 Å². The number of carbonyl (C=O) groups is 1. The number of aliphatic imine (C=N–C) groups is 1. The van der Waals surface area contributed by atoms with Crippen molar-refractivity contribution < 1.29 is 13.9 Å². The predicted octanol–water partition coefficient (Wildman–Crippen LogP) is 1.24. The Morgan fingerprint density at radius 2 is 2.08 bits per heavy atom. The van der Waals surface area contributed by atoms with E-state index in [4.69, 9.17) is 9.15 Å². The van der Waals surface area contributed by atoms with Crippen molar-refractivity contribution in [3.05, 3.63) is 24.2 Å². The summed E-state index contributed by atoms with van der Waals surface area (Å²) in [5.74, 6) is 1.63. The lowest BCUT2D eigenvalue weighted by Gasteiger charge is -2.15. The molecule has 1 aliphatic heterocycles. The highest BCUT2D eigenvalue weighted by molar-refractivity contribution is 14.0. The molecule has 1 aromatic rings. The van der Waals surface area contributed by atoms with Crippen LogP contribution in [0.3, 0.4) is 0 Å². The second-order valence-electron chi connectivity index (χ2n) is 5.43. The number of hydrogen-bond donors (Lipinski definition) is 2. The van der Waals surface area contributed by atoms with Gasteiger partial charge in [-0.3, -0.25) is 4.79 Å². The molecule has 24 heavy (non-hydrogen) atoms. The van der Waals surface area contributed by atoms with Crippen molar-refractivity contribution in [2.45, 2.75) is 19.3 Å². The summed E-state index contributed by atoms with van der Waals surface area (Å²) in [7, 11) is 1.65. The molecule has 0 spiro atoms. The van der Waals surface area contributed by atoms with Gasteiger partial charge < -0.3 is 24.7 Å². The van der Waals surface area contributed by atoms with Crippen LogP contribution < -0.4 is 10.6 Å². The van der Waals surface area contributed by atoms with Crippen LogP contribution in [0, 0.1) is 0 Å². The van der Waals surface area contributed by atoms with Gasteiger partial charge in [0.05, 0.1) is 12.9 Å². The molecule has 1 aromatic heterocycles. The lowest BCUT2D eigenvalue weighted by Crippen LogP contribution is -2.41. The molecular formula is C16H27IN4O3. The molecule has 0 unspecified atom stereocenters. The highest BCUT2D eigenvalue weighted by Crippen LogP contribution is 2.07. The smallest absolute Gasteiger partial charge is 0.244 e. The third-order valence-electron chi connectivity index (χ3n) is 3.67. The van der Waals surface area contributed by atoms with Crippen LogP contribution >= 0.6 is 24.0 Å². The minimum Gasteiger partial charge on any atom is -0.469 e. The Hall–Kier alpha value is -1.29. The number of nitrogens with one attached hydrogen (secondary N) is 2. The lowest BCUT2D eigenvalue weighted by molar-refractivity contribution is -0.128. The second kappa shape index (κ2) is 12.1. The normalized spacial score (nSPS) is 14.4. The van der Waals surface area contributed by atoms with E-state index >= 15 is 0 Å². The Labute approximate surface area is 160 Å². The van der Waals surface area contributed by atoms with Gasteiger partial charge in [-0.25, -0.2) is 4.99 Å². The van der Waals surface area contributed by atoms with E-state index in [-0.39, 0.29) is 36.4 Å². The van der Waals surface area contributed by atoms with Crippen LogP contribution in [0.5, 0.6) is 0 Å². The topological polar surface area (TPSA) is 79.1 Å². The van der Waals surface area contributed by atoms with Crippen LogP contribution in [0.1, 0.15) is 18.6 Å². The first-order valence-electron chi connectivity index (χ1n) is 8.11. The fourth-order valence-electron chi connectivity index (χ4n) is 2.42. The van der Waals surface area contributed by atoms with Crippen molar-refractivity contribution in [3.63, 3.8) is 0 Å². The molecule has 0 aliphatic carbocycles.